The Morgan fingerprint density at radius 3 is 3.00 bits per heavy atom. The van der Waals surface area contributed by atoms with Crippen LogP contribution in [-0.4, -0.2) is 27.0 Å². The maximum absolute atomic E-state index is 10.5. The van der Waals surface area contributed by atoms with Crippen molar-refractivity contribution in [2.75, 3.05) is 7.11 Å². The Kier molecular flexibility index (Phi) is 3.98. The maximum Gasteiger partial charge on any atom is 0.219 e. The van der Waals surface area contributed by atoms with E-state index in [9.17, 15) is 5.11 Å². The summed E-state index contributed by atoms with van der Waals surface area (Å²) in [5.41, 5.74) is 1.32. The Morgan fingerprint density at radius 2 is 2.33 bits per heavy atom. The van der Waals surface area contributed by atoms with Crippen LogP contribution in [0.1, 0.15) is 24.3 Å². The Bertz CT molecular complexity index is 542. The number of methoxy groups -OCH3 is 1. The molecule has 2 aromatic heterocycles. The van der Waals surface area contributed by atoms with Crippen molar-refractivity contribution in [2.24, 2.45) is 0 Å². The number of aromatic nitrogens is 3. The Balaban J connectivity index is 2.47. The summed E-state index contributed by atoms with van der Waals surface area (Å²) in [6.07, 6.45) is 2.47. The minimum atomic E-state index is -0.828. The number of hydrogen-bond donors (Lipinski definition) is 1. The van der Waals surface area contributed by atoms with Crippen molar-refractivity contribution < 1.29 is 9.84 Å². The number of aliphatic hydroxyl groups is 1. The first-order chi connectivity index (χ1) is 8.69. The van der Waals surface area contributed by atoms with Gasteiger partial charge in [-0.3, -0.25) is 4.68 Å². The molecule has 0 saturated carbocycles. The van der Waals surface area contributed by atoms with Gasteiger partial charge in [0.25, 0.3) is 0 Å². The SMILES string of the molecule is CCn1ncc(Br)c1C(O)c1cccnc1OC. The third-order valence-corrected chi connectivity index (χ3v) is 3.29. The van der Waals surface area contributed by atoms with Gasteiger partial charge in [0.2, 0.25) is 5.88 Å². The summed E-state index contributed by atoms with van der Waals surface area (Å²) in [4.78, 5) is 4.09. The summed E-state index contributed by atoms with van der Waals surface area (Å²) >= 11 is 3.40. The molecule has 5 nitrogen and oxygen atoms in total. The monoisotopic (exact) mass is 311 g/mol. The number of ether oxygens (including phenoxy) is 1. The van der Waals surface area contributed by atoms with Crippen molar-refractivity contribution >= 4 is 15.9 Å². The molecule has 0 fully saturated rings. The molecule has 0 aromatic carbocycles. The Labute approximate surface area is 114 Å². The highest BCUT2D eigenvalue weighted by atomic mass is 79.9. The van der Waals surface area contributed by atoms with Crippen molar-refractivity contribution in [3.63, 3.8) is 0 Å². The highest BCUT2D eigenvalue weighted by Gasteiger charge is 2.22. The lowest BCUT2D eigenvalue weighted by molar-refractivity contribution is 0.201. The lowest BCUT2D eigenvalue weighted by atomic mass is 10.1. The van der Waals surface area contributed by atoms with Crippen LogP contribution in [0.4, 0.5) is 0 Å². The van der Waals surface area contributed by atoms with E-state index in [1.54, 1.807) is 29.2 Å². The van der Waals surface area contributed by atoms with Crippen LogP contribution >= 0.6 is 15.9 Å². The normalized spacial score (nSPS) is 12.4. The standard InChI is InChI=1S/C12H14BrN3O2/c1-3-16-10(9(13)7-15-16)11(17)8-5-4-6-14-12(8)18-2/h4-7,11,17H,3H2,1-2H3. The molecular formula is C12H14BrN3O2. The molecule has 2 heterocycles. The fraction of sp³-hybridized carbons (Fsp3) is 0.333. The molecule has 0 aliphatic heterocycles. The molecule has 0 saturated heterocycles. The largest absolute Gasteiger partial charge is 0.481 e. The van der Waals surface area contributed by atoms with Gasteiger partial charge in [0.1, 0.15) is 6.10 Å². The highest BCUT2D eigenvalue weighted by Crippen LogP contribution is 2.32. The molecule has 1 unspecified atom stereocenters. The van der Waals surface area contributed by atoms with Crippen LogP contribution < -0.4 is 4.74 Å². The summed E-state index contributed by atoms with van der Waals surface area (Å²) < 4.78 is 7.67. The number of aryl methyl sites for hydroxylation is 1. The minimum Gasteiger partial charge on any atom is -0.481 e. The first-order valence-corrected chi connectivity index (χ1v) is 6.36. The molecule has 0 aliphatic carbocycles. The third-order valence-electron chi connectivity index (χ3n) is 2.68. The van der Waals surface area contributed by atoms with E-state index in [-0.39, 0.29) is 0 Å². The third kappa shape index (κ3) is 2.26. The molecule has 1 N–H and O–H groups in total. The molecule has 6 heteroatoms. The van der Waals surface area contributed by atoms with Crippen LogP contribution in [0.3, 0.4) is 0 Å². The molecule has 0 amide bonds. The van der Waals surface area contributed by atoms with Gasteiger partial charge < -0.3 is 9.84 Å². The van der Waals surface area contributed by atoms with Gasteiger partial charge in [0.15, 0.2) is 0 Å². The summed E-state index contributed by atoms with van der Waals surface area (Å²) in [5, 5.41) is 14.7. The van der Waals surface area contributed by atoms with E-state index >= 15 is 0 Å². The molecule has 2 aromatic rings. The Morgan fingerprint density at radius 1 is 1.56 bits per heavy atom. The number of halogens is 1. The van der Waals surface area contributed by atoms with Crippen LogP contribution in [0, 0.1) is 0 Å². The van der Waals surface area contributed by atoms with Crippen LogP contribution in [0.25, 0.3) is 0 Å². The first-order valence-electron chi connectivity index (χ1n) is 5.57. The number of rotatable bonds is 4. The van der Waals surface area contributed by atoms with Gasteiger partial charge in [-0.05, 0) is 35.0 Å². The second-order valence-corrected chi connectivity index (χ2v) is 4.55. The van der Waals surface area contributed by atoms with E-state index < -0.39 is 6.10 Å². The van der Waals surface area contributed by atoms with Gasteiger partial charge in [0.05, 0.1) is 23.5 Å². The van der Waals surface area contributed by atoms with Crippen LogP contribution in [0.5, 0.6) is 5.88 Å². The van der Waals surface area contributed by atoms with E-state index in [1.165, 1.54) is 7.11 Å². The topological polar surface area (TPSA) is 60.2 Å². The highest BCUT2D eigenvalue weighted by molar-refractivity contribution is 9.10. The molecule has 0 bridgehead atoms. The minimum absolute atomic E-state index is 0.417. The van der Waals surface area contributed by atoms with Gasteiger partial charge in [-0.2, -0.15) is 5.10 Å². The number of nitrogens with zero attached hydrogens (tertiary/aromatic N) is 3. The van der Waals surface area contributed by atoms with Gasteiger partial charge in [0, 0.05) is 18.3 Å². The number of pyridine rings is 1. The van der Waals surface area contributed by atoms with Crippen LogP contribution in [-0.2, 0) is 6.54 Å². The predicted molar refractivity (Wildman–Crippen MR) is 70.5 cm³/mol. The lowest BCUT2D eigenvalue weighted by Crippen LogP contribution is -2.11. The van der Waals surface area contributed by atoms with Gasteiger partial charge in [-0.25, -0.2) is 4.98 Å². The van der Waals surface area contributed by atoms with Crippen molar-refractivity contribution in [1.29, 1.82) is 0 Å². The molecule has 1 atom stereocenters. The zero-order valence-electron chi connectivity index (χ0n) is 10.2. The number of aliphatic hydroxyl groups excluding tert-OH is 1. The molecular weight excluding hydrogens is 298 g/mol. The molecule has 0 aliphatic rings. The van der Waals surface area contributed by atoms with E-state index in [0.717, 1.165) is 4.47 Å². The van der Waals surface area contributed by atoms with Gasteiger partial charge >= 0.3 is 0 Å². The fourth-order valence-corrected chi connectivity index (χ4v) is 2.34. The van der Waals surface area contributed by atoms with Crippen LogP contribution in [0.2, 0.25) is 0 Å². The smallest absolute Gasteiger partial charge is 0.219 e. The molecule has 18 heavy (non-hydrogen) atoms. The zero-order valence-corrected chi connectivity index (χ0v) is 11.8. The summed E-state index contributed by atoms with van der Waals surface area (Å²) in [6.45, 7) is 2.65. The van der Waals surface area contributed by atoms with Crippen molar-refractivity contribution in [2.45, 2.75) is 19.6 Å². The maximum atomic E-state index is 10.5. The molecule has 96 valence electrons. The van der Waals surface area contributed by atoms with Gasteiger partial charge in [-0.1, -0.05) is 0 Å². The quantitative estimate of drug-likeness (QED) is 0.940. The summed E-state index contributed by atoms with van der Waals surface area (Å²) in [7, 11) is 1.53. The van der Waals surface area contributed by atoms with E-state index in [1.807, 2.05) is 6.92 Å². The van der Waals surface area contributed by atoms with E-state index in [0.29, 0.717) is 23.7 Å². The predicted octanol–water partition coefficient (Wildman–Crippen LogP) is 2.15. The Hall–Kier alpha value is -1.40. The average Bonchev–Trinajstić information content (AvgIpc) is 2.79. The van der Waals surface area contributed by atoms with Crippen molar-refractivity contribution in [1.82, 2.24) is 14.8 Å². The fourth-order valence-electron chi connectivity index (χ4n) is 1.82. The summed E-state index contributed by atoms with van der Waals surface area (Å²) in [6, 6.07) is 3.55. The van der Waals surface area contributed by atoms with Crippen molar-refractivity contribution in [3.8, 4) is 5.88 Å². The number of hydrogen-bond acceptors (Lipinski definition) is 4. The second kappa shape index (κ2) is 5.49. The molecule has 2 rings (SSSR count). The van der Waals surface area contributed by atoms with Gasteiger partial charge in [-0.15, -0.1) is 0 Å². The first kappa shape index (κ1) is 13.0. The lowest BCUT2D eigenvalue weighted by Gasteiger charge is -2.15. The summed E-state index contributed by atoms with van der Waals surface area (Å²) in [5.74, 6) is 0.417. The van der Waals surface area contributed by atoms with Crippen molar-refractivity contribution in [3.05, 3.63) is 40.3 Å². The zero-order chi connectivity index (χ0) is 13.1. The molecule has 0 radical (unpaired) electrons. The van der Waals surface area contributed by atoms with Crippen LogP contribution in [0.15, 0.2) is 29.0 Å². The average molecular weight is 312 g/mol. The molecule has 0 spiro atoms. The van der Waals surface area contributed by atoms with E-state index in [4.69, 9.17) is 4.74 Å². The van der Waals surface area contributed by atoms with E-state index in [2.05, 4.69) is 26.0 Å². The second-order valence-electron chi connectivity index (χ2n) is 3.70.